The van der Waals surface area contributed by atoms with Gasteiger partial charge in [-0.3, -0.25) is 0 Å². The molecule has 2 N–H and O–H groups in total. The average molecular weight is 345 g/mol. The summed E-state index contributed by atoms with van der Waals surface area (Å²) in [6.45, 7) is 2.03. The fraction of sp³-hybridized carbons (Fsp3) is 0.286. The number of furan rings is 1. The molecule has 102 valence electrons. The first kappa shape index (κ1) is 14.4. The van der Waals surface area contributed by atoms with Crippen molar-refractivity contribution in [2.75, 3.05) is 7.11 Å². The highest BCUT2D eigenvalue weighted by atomic mass is 79.9. The van der Waals surface area contributed by atoms with Crippen LogP contribution >= 0.6 is 27.5 Å². The number of rotatable bonds is 4. The third-order valence-corrected chi connectivity index (χ3v) is 3.82. The standard InChI is InChI=1S/C14H15BrClNO2/c1-3-12-9(4-5-19-12)13(17)10-6-8(16)7-11(15)14(10)18-2/h4-7,13H,3,17H2,1-2H3. The van der Waals surface area contributed by atoms with Crippen LogP contribution in [0.25, 0.3) is 0 Å². The SMILES string of the molecule is CCc1occc1C(N)c1cc(Cl)cc(Br)c1OC. The number of hydrogen-bond donors (Lipinski definition) is 1. The first-order chi connectivity index (χ1) is 9.08. The van der Waals surface area contributed by atoms with Crippen molar-refractivity contribution in [3.63, 3.8) is 0 Å². The molecule has 3 nitrogen and oxygen atoms in total. The van der Waals surface area contributed by atoms with E-state index >= 15 is 0 Å². The van der Waals surface area contributed by atoms with Crippen LogP contribution in [0.2, 0.25) is 5.02 Å². The van der Waals surface area contributed by atoms with E-state index < -0.39 is 0 Å². The van der Waals surface area contributed by atoms with Gasteiger partial charge in [0.15, 0.2) is 0 Å². The molecule has 0 radical (unpaired) electrons. The van der Waals surface area contributed by atoms with E-state index in [1.165, 1.54) is 0 Å². The molecule has 5 heteroatoms. The van der Waals surface area contributed by atoms with Crippen LogP contribution in [0.3, 0.4) is 0 Å². The smallest absolute Gasteiger partial charge is 0.138 e. The third kappa shape index (κ3) is 2.81. The number of aryl methyl sites for hydroxylation is 1. The molecule has 1 aromatic heterocycles. The van der Waals surface area contributed by atoms with Gasteiger partial charge < -0.3 is 14.9 Å². The van der Waals surface area contributed by atoms with E-state index in [0.717, 1.165) is 27.8 Å². The summed E-state index contributed by atoms with van der Waals surface area (Å²) in [5.74, 6) is 1.57. The van der Waals surface area contributed by atoms with E-state index in [2.05, 4.69) is 15.9 Å². The Balaban J connectivity index is 2.52. The van der Waals surface area contributed by atoms with Crippen molar-refractivity contribution < 1.29 is 9.15 Å². The van der Waals surface area contributed by atoms with Gasteiger partial charge in [-0.2, -0.15) is 0 Å². The number of benzene rings is 1. The summed E-state index contributed by atoms with van der Waals surface area (Å²) in [4.78, 5) is 0. The molecule has 2 aromatic rings. The van der Waals surface area contributed by atoms with E-state index in [9.17, 15) is 0 Å². The second-order valence-electron chi connectivity index (χ2n) is 4.14. The highest BCUT2D eigenvalue weighted by Gasteiger charge is 2.21. The average Bonchev–Trinajstić information content (AvgIpc) is 2.85. The van der Waals surface area contributed by atoms with E-state index in [-0.39, 0.29) is 6.04 Å². The molecule has 0 aliphatic heterocycles. The predicted octanol–water partition coefficient (Wildman–Crippen LogP) is 4.31. The first-order valence-corrected chi connectivity index (χ1v) is 7.10. The monoisotopic (exact) mass is 343 g/mol. The van der Waals surface area contributed by atoms with Gasteiger partial charge in [-0.25, -0.2) is 0 Å². The molecular weight excluding hydrogens is 330 g/mol. The summed E-state index contributed by atoms with van der Waals surface area (Å²) < 4.78 is 11.6. The summed E-state index contributed by atoms with van der Waals surface area (Å²) in [5, 5.41) is 0.611. The van der Waals surface area contributed by atoms with Crippen LogP contribution in [0, 0.1) is 0 Å². The molecule has 0 fully saturated rings. The third-order valence-electron chi connectivity index (χ3n) is 3.01. The van der Waals surface area contributed by atoms with Gasteiger partial charge in [-0.05, 0) is 34.1 Å². The number of nitrogens with two attached hydrogens (primary N) is 1. The minimum Gasteiger partial charge on any atom is -0.495 e. The normalized spacial score (nSPS) is 12.5. The second-order valence-corrected chi connectivity index (χ2v) is 5.43. The number of hydrogen-bond acceptors (Lipinski definition) is 3. The van der Waals surface area contributed by atoms with Crippen molar-refractivity contribution in [3.05, 3.63) is 50.8 Å². The molecule has 19 heavy (non-hydrogen) atoms. The fourth-order valence-corrected chi connectivity index (χ4v) is 3.11. The van der Waals surface area contributed by atoms with Crippen molar-refractivity contribution in [3.8, 4) is 5.75 Å². The fourth-order valence-electron chi connectivity index (χ4n) is 2.11. The van der Waals surface area contributed by atoms with E-state index in [1.807, 2.05) is 19.1 Å². The maximum absolute atomic E-state index is 6.33. The van der Waals surface area contributed by atoms with Crippen LogP contribution in [-0.2, 0) is 6.42 Å². The molecule has 0 spiro atoms. The van der Waals surface area contributed by atoms with E-state index in [0.29, 0.717) is 10.8 Å². The zero-order valence-electron chi connectivity index (χ0n) is 10.7. The van der Waals surface area contributed by atoms with Gasteiger partial charge in [0.1, 0.15) is 11.5 Å². The maximum atomic E-state index is 6.33. The number of methoxy groups -OCH3 is 1. The molecule has 0 amide bonds. The lowest BCUT2D eigenvalue weighted by atomic mass is 9.98. The Morgan fingerprint density at radius 2 is 2.16 bits per heavy atom. The quantitative estimate of drug-likeness (QED) is 0.899. The second kappa shape index (κ2) is 5.99. The van der Waals surface area contributed by atoms with Gasteiger partial charge in [0.05, 0.1) is 23.9 Å². The van der Waals surface area contributed by atoms with Crippen LogP contribution < -0.4 is 10.5 Å². The Labute approximate surface area is 125 Å². The minimum absolute atomic E-state index is 0.335. The topological polar surface area (TPSA) is 48.4 Å². The van der Waals surface area contributed by atoms with Crippen LogP contribution in [-0.4, -0.2) is 7.11 Å². The summed E-state index contributed by atoms with van der Waals surface area (Å²) in [6.07, 6.45) is 2.44. The van der Waals surface area contributed by atoms with Crippen LogP contribution in [0.4, 0.5) is 0 Å². The predicted molar refractivity (Wildman–Crippen MR) is 79.8 cm³/mol. The zero-order valence-corrected chi connectivity index (χ0v) is 13.1. The number of halogens is 2. The molecule has 1 unspecified atom stereocenters. The zero-order chi connectivity index (χ0) is 14.0. The Morgan fingerprint density at radius 1 is 1.42 bits per heavy atom. The van der Waals surface area contributed by atoms with Crippen molar-refractivity contribution in [1.29, 1.82) is 0 Å². The Bertz CT molecular complexity index is 583. The lowest BCUT2D eigenvalue weighted by Crippen LogP contribution is -2.14. The minimum atomic E-state index is -0.335. The number of ether oxygens (including phenoxy) is 1. The Hall–Kier alpha value is -0.970. The molecule has 1 heterocycles. The van der Waals surface area contributed by atoms with Crippen LogP contribution in [0.15, 0.2) is 33.4 Å². The van der Waals surface area contributed by atoms with E-state index in [1.54, 1.807) is 19.4 Å². The highest BCUT2D eigenvalue weighted by Crippen LogP contribution is 2.38. The summed E-state index contributed by atoms with van der Waals surface area (Å²) in [7, 11) is 1.61. The molecule has 0 saturated heterocycles. The summed E-state index contributed by atoms with van der Waals surface area (Å²) >= 11 is 9.53. The molecule has 0 saturated carbocycles. The van der Waals surface area contributed by atoms with Gasteiger partial charge in [0, 0.05) is 22.6 Å². The van der Waals surface area contributed by atoms with Gasteiger partial charge in [0.2, 0.25) is 0 Å². The van der Waals surface area contributed by atoms with Crippen LogP contribution in [0.1, 0.15) is 29.9 Å². The summed E-state index contributed by atoms with van der Waals surface area (Å²) in [5.41, 5.74) is 8.12. The Morgan fingerprint density at radius 3 is 2.79 bits per heavy atom. The van der Waals surface area contributed by atoms with Gasteiger partial charge >= 0.3 is 0 Å². The molecule has 1 aromatic carbocycles. The van der Waals surface area contributed by atoms with Crippen molar-refractivity contribution in [2.24, 2.45) is 5.73 Å². The van der Waals surface area contributed by atoms with Gasteiger partial charge in [0.25, 0.3) is 0 Å². The molecule has 0 bridgehead atoms. The van der Waals surface area contributed by atoms with Crippen molar-refractivity contribution >= 4 is 27.5 Å². The molecular formula is C14H15BrClNO2. The maximum Gasteiger partial charge on any atom is 0.138 e. The lowest BCUT2D eigenvalue weighted by molar-refractivity contribution is 0.405. The van der Waals surface area contributed by atoms with Gasteiger partial charge in [-0.1, -0.05) is 18.5 Å². The largest absolute Gasteiger partial charge is 0.495 e. The van der Waals surface area contributed by atoms with Crippen molar-refractivity contribution in [2.45, 2.75) is 19.4 Å². The summed E-state index contributed by atoms with van der Waals surface area (Å²) in [6, 6.07) is 5.16. The van der Waals surface area contributed by atoms with E-state index in [4.69, 9.17) is 26.5 Å². The lowest BCUT2D eigenvalue weighted by Gasteiger charge is -2.17. The van der Waals surface area contributed by atoms with Gasteiger partial charge in [-0.15, -0.1) is 0 Å². The van der Waals surface area contributed by atoms with Crippen molar-refractivity contribution in [1.82, 2.24) is 0 Å². The molecule has 1 atom stereocenters. The molecule has 2 rings (SSSR count). The highest BCUT2D eigenvalue weighted by molar-refractivity contribution is 9.10. The molecule has 0 aliphatic carbocycles. The first-order valence-electron chi connectivity index (χ1n) is 5.93. The van der Waals surface area contributed by atoms with Crippen LogP contribution in [0.5, 0.6) is 5.75 Å². The Kier molecular flexibility index (Phi) is 4.55. The molecule has 0 aliphatic rings.